The van der Waals surface area contributed by atoms with Crippen LogP contribution in [0.15, 0.2) is 71.1 Å². The fourth-order valence-electron chi connectivity index (χ4n) is 4.07. The van der Waals surface area contributed by atoms with E-state index in [1.165, 1.54) is 13.8 Å². The molecule has 2 N–H and O–H groups in total. The van der Waals surface area contributed by atoms with Crippen molar-refractivity contribution in [1.29, 1.82) is 0 Å². The molecule has 2 aromatic carbocycles. The number of carbonyl (C=O) groups is 4. The molecule has 12 nitrogen and oxygen atoms in total. The summed E-state index contributed by atoms with van der Waals surface area (Å²) in [5.41, 5.74) is 1.87. The number of hydrogen-bond acceptors (Lipinski definition) is 10. The van der Waals surface area contributed by atoms with Gasteiger partial charge in [0.25, 0.3) is 11.8 Å². The molecule has 0 saturated heterocycles. The van der Waals surface area contributed by atoms with Crippen LogP contribution in [0.4, 0.5) is 0 Å². The highest BCUT2D eigenvalue weighted by molar-refractivity contribution is 6.02. The summed E-state index contributed by atoms with van der Waals surface area (Å²) in [7, 11) is 0. The first kappa shape index (κ1) is 27.2. The minimum Gasteiger partial charge on any atom is -0.458 e. The lowest BCUT2D eigenvalue weighted by atomic mass is 10.1. The van der Waals surface area contributed by atoms with Gasteiger partial charge in [0.1, 0.15) is 25.3 Å². The van der Waals surface area contributed by atoms with Gasteiger partial charge in [-0.15, -0.1) is 10.2 Å². The van der Waals surface area contributed by atoms with Gasteiger partial charge in [-0.05, 0) is 50.2 Å². The molecule has 2 amide bonds. The van der Waals surface area contributed by atoms with Crippen LogP contribution in [0, 0.1) is 0 Å². The van der Waals surface area contributed by atoms with Crippen LogP contribution in [0.25, 0.3) is 22.9 Å². The van der Waals surface area contributed by atoms with Crippen LogP contribution in [0.5, 0.6) is 0 Å². The molecule has 4 aromatic rings. The minimum absolute atomic E-state index is 0.0289. The fraction of sp³-hybridized carbons (Fsp3) is 0.207. The number of hydrogen-bond donors (Lipinski definition) is 2. The van der Waals surface area contributed by atoms with E-state index < -0.39 is 35.8 Å². The maximum absolute atomic E-state index is 13.2. The molecule has 0 radical (unpaired) electrons. The van der Waals surface area contributed by atoms with Crippen molar-refractivity contribution in [1.82, 2.24) is 25.8 Å². The first-order valence-electron chi connectivity index (χ1n) is 12.7. The Labute approximate surface area is 234 Å². The summed E-state index contributed by atoms with van der Waals surface area (Å²) in [5, 5.41) is 13.4. The van der Waals surface area contributed by atoms with Crippen LogP contribution < -0.4 is 10.6 Å². The van der Waals surface area contributed by atoms with Crippen molar-refractivity contribution in [2.75, 3.05) is 0 Å². The third-order valence-corrected chi connectivity index (χ3v) is 6.22. The number of pyridine rings is 1. The molecule has 0 spiro atoms. The zero-order valence-corrected chi connectivity index (χ0v) is 22.1. The van der Waals surface area contributed by atoms with Crippen LogP contribution in [0.3, 0.4) is 0 Å². The predicted molar refractivity (Wildman–Crippen MR) is 143 cm³/mol. The number of carbonyl (C=O) groups excluding carboxylic acids is 4. The molecule has 1 aliphatic heterocycles. The number of amides is 2. The van der Waals surface area contributed by atoms with Crippen LogP contribution >= 0.6 is 0 Å². The smallest absolute Gasteiger partial charge is 0.328 e. The Hall–Kier alpha value is -5.39. The van der Waals surface area contributed by atoms with E-state index in [1.54, 1.807) is 66.7 Å². The second kappa shape index (κ2) is 11.8. The van der Waals surface area contributed by atoms with Crippen LogP contribution in [-0.4, -0.2) is 51.0 Å². The Balaban J connectivity index is 1.51. The Kier molecular flexibility index (Phi) is 7.81. The van der Waals surface area contributed by atoms with Gasteiger partial charge in [0.05, 0.1) is 33.6 Å². The minimum atomic E-state index is -0.984. The number of nitrogens with one attached hydrogen (secondary N) is 2. The molecule has 2 atom stereocenters. The van der Waals surface area contributed by atoms with Crippen LogP contribution in [-0.2, 0) is 32.3 Å². The van der Waals surface area contributed by atoms with Crippen molar-refractivity contribution in [2.24, 2.45) is 0 Å². The summed E-state index contributed by atoms with van der Waals surface area (Å²) in [4.78, 5) is 55.9. The van der Waals surface area contributed by atoms with Crippen molar-refractivity contribution < 1.29 is 33.1 Å². The number of ether oxygens (including phenoxy) is 2. The first-order valence-corrected chi connectivity index (χ1v) is 12.7. The van der Waals surface area contributed by atoms with Gasteiger partial charge < -0.3 is 24.5 Å². The lowest BCUT2D eigenvalue weighted by molar-refractivity contribution is -0.147. The van der Waals surface area contributed by atoms with Crippen molar-refractivity contribution >= 4 is 23.8 Å². The van der Waals surface area contributed by atoms with Gasteiger partial charge in [-0.3, -0.25) is 14.6 Å². The molecule has 5 rings (SSSR count). The summed E-state index contributed by atoms with van der Waals surface area (Å²) in [6, 6.07) is 16.1. The number of cyclic esters (lactones) is 2. The molecule has 0 unspecified atom stereocenters. The topological polar surface area (TPSA) is 163 Å². The van der Waals surface area contributed by atoms with E-state index in [-0.39, 0.29) is 36.1 Å². The van der Waals surface area contributed by atoms with E-state index in [1.807, 2.05) is 0 Å². The van der Waals surface area contributed by atoms with Crippen molar-refractivity contribution in [3.63, 3.8) is 0 Å². The van der Waals surface area contributed by atoms with Crippen molar-refractivity contribution in [3.05, 3.63) is 89.2 Å². The highest BCUT2D eigenvalue weighted by Gasteiger charge is 2.25. The molecule has 0 aliphatic carbocycles. The molecule has 208 valence electrons. The van der Waals surface area contributed by atoms with Crippen LogP contribution in [0.2, 0.25) is 0 Å². The molecule has 0 fully saturated rings. The van der Waals surface area contributed by atoms with Gasteiger partial charge in [0.15, 0.2) is 0 Å². The Bertz CT molecular complexity index is 1520. The molecule has 3 heterocycles. The predicted octanol–water partition coefficient (Wildman–Crippen LogP) is 2.84. The molecule has 2 aromatic heterocycles. The summed E-state index contributed by atoms with van der Waals surface area (Å²) >= 11 is 0. The molecule has 4 bridgehead atoms. The number of nitrogens with zero attached hydrogens (tertiary/aromatic N) is 3. The van der Waals surface area contributed by atoms with E-state index in [0.29, 0.717) is 22.5 Å². The highest BCUT2D eigenvalue weighted by atomic mass is 16.5. The molecule has 0 saturated carbocycles. The zero-order chi connectivity index (χ0) is 28.9. The quantitative estimate of drug-likeness (QED) is 0.309. The zero-order valence-electron chi connectivity index (χ0n) is 22.1. The maximum Gasteiger partial charge on any atom is 0.328 e. The average molecular weight is 556 g/mol. The van der Waals surface area contributed by atoms with Gasteiger partial charge in [-0.25, -0.2) is 9.59 Å². The first-order chi connectivity index (χ1) is 19.8. The second-order valence-electron chi connectivity index (χ2n) is 9.23. The number of aromatic nitrogens is 3. The fourth-order valence-corrected chi connectivity index (χ4v) is 4.07. The SMILES string of the molecule is C[C@@H]1NC(=O)c2ccccc2-c2nnc(o2)-c2ccccc2C(=O)N[C@@H](C)C(=O)OCc2cccc(n2)COC1=O. The summed E-state index contributed by atoms with van der Waals surface area (Å²) in [6.07, 6.45) is 0. The largest absolute Gasteiger partial charge is 0.458 e. The number of benzene rings is 2. The second-order valence-corrected chi connectivity index (χ2v) is 9.23. The van der Waals surface area contributed by atoms with Crippen molar-refractivity contribution in [2.45, 2.75) is 39.1 Å². The van der Waals surface area contributed by atoms with E-state index in [4.69, 9.17) is 13.9 Å². The molecular formula is C29H25N5O7. The van der Waals surface area contributed by atoms with Crippen LogP contribution in [0.1, 0.15) is 46.0 Å². The Morgan fingerprint density at radius 3 is 1.46 bits per heavy atom. The molecule has 1 aliphatic rings. The molecular weight excluding hydrogens is 530 g/mol. The van der Waals surface area contributed by atoms with Gasteiger partial charge >= 0.3 is 11.9 Å². The monoisotopic (exact) mass is 555 g/mol. The van der Waals surface area contributed by atoms with Gasteiger partial charge in [0.2, 0.25) is 11.8 Å². The Morgan fingerprint density at radius 2 is 1.02 bits per heavy atom. The number of esters is 2. The Morgan fingerprint density at radius 1 is 0.610 bits per heavy atom. The maximum atomic E-state index is 13.2. The van der Waals surface area contributed by atoms with E-state index in [9.17, 15) is 19.2 Å². The third-order valence-electron chi connectivity index (χ3n) is 6.22. The van der Waals surface area contributed by atoms with Gasteiger partial charge in [-0.2, -0.15) is 0 Å². The normalized spacial score (nSPS) is 18.3. The summed E-state index contributed by atoms with van der Waals surface area (Å²) in [6.45, 7) is 2.68. The molecule has 12 heteroatoms. The lowest BCUT2D eigenvalue weighted by Crippen LogP contribution is -2.39. The van der Waals surface area contributed by atoms with Crippen molar-refractivity contribution in [3.8, 4) is 22.9 Å². The van der Waals surface area contributed by atoms with Gasteiger partial charge in [-0.1, -0.05) is 30.3 Å². The van der Waals surface area contributed by atoms with Gasteiger partial charge in [0, 0.05) is 0 Å². The standard InChI is InChI=1S/C29H25N5O7/c1-16-28(37)39-14-18-8-7-9-19(32-18)15-40-29(38)17(2)31-25(36)21-11-4-6-13-23(21)27-34-33-26(41-27)22-12-5-3-10-20(22)24(35)30-16/h3-13,16-17H,14-15H2,1-2H3,(H,30,35)(H,31,36)/t16-,17-/m0/s1. The average Bonchev–Trinajstić information content (AvgIpc) is 3.48. The number of rotatable bonds is 0. The summed E-state index contributed by atoms with van der Waals surface area (Å²) < 4.78 is 16.6. The van der Waals surface area contributed by atoms with E-state index in [2.05, 4.69) is 25.8 Å². The molecule has 41 heavy (non-hydrogen) atoms. The van der Waals surface area contributed by atoms with E-state index >= 15 is 0 Å². The summed E-state index contributed by atoms with van der Waals surface area (Å²) in [5.74, 6) is -2.39. The lowest BCUT2D eigenvalue weighted by Gasteiger charge is -2.15. The van der Waals surface area contributed by atoms with E-state index in [0.717, 1.165) is 0 Å². The highest BCUT2D eigenvalue weighted by Crippen LogP contribution is 2.28. The third kappa shape index (κ3) is 6.11. The number of fused-ring (bicyclic) bond motifs is 8.